The number of benzene rings is 2. The molecular formula is C25H29BrN4O3. The fourth-order valence-electron chi connectivity index (χ4n) is 3.94. The number of carbonyl (C=O) groups excluding carboxylic acids is 1. The Bertz CT molecular complexity index is 1080. The topological polar surface area (TPSA) is 80.5 Å². The van der Waals surface area contributed by atoms with Gasteiger partial charge in [0.1, 0.15) is 12.4 Å². The van der Waals surface area contributed by atoms with Gasteiger partial charge in [-0.15, -0.1) is 0 Å². The van der Waals surface area contributed by atoms with Crippen molar-refractivity contribution < 1.29 is 14.1 Å². The number of rotatable bonds is 8. The number of hydrogen-bond donors (Lipinski definition) is 1. The van der Waals surface area contributed by atoms with Crippen LogP contribution < -0.4 is 10.1 Å². The van der Waals surface area contributed by atoms with E-state index in [1.54, 1.807) is 0 Å². The number of nitrogens with zero attached hydrogens (tertiary/aromatic N) is 3. The molecule has 1 aliphatic heterocycles. The first-order valence-corrected chi connectivity index (χ1v) is 12.1. The van der Waals surface area contributed by atoms with Gasteiger partial charge in [0.15, 0.2) is 0 Å². The van der Waals surface area contributed by atoms with Crippen molar-refractivity contribution in [2.45, 2.75) is 39.3 Å². The molecule has 1 saturated heterocycles. The summed E-state index contributed by atoms with van der Waals surface area (Å²) in [6, 6.07) is 15.7. The molecule has 174 valence electrons. The van der Waals surface area contributed by atoms with Gasteiger partial charge in [-0.2, -0.15) is 4.98 Å². The maximum Gasteiger partial charge on any atom is 0.241 e. The molecule has 1 aromatic heterocycles. The third kappa shape index (κ3) is 6.42. The lowest BCUT2D eigenvalue weighted by Crippen LogP contribution is -2.44. The quantitative estimate of drug-likeness (QED) is 0.474. The monoisotopic (exact) mass is 512 g/mol. The highest BCUT2D eigenvalue weighted by molar-refractivity contribution is 9.10. The minimum absolute atomic E-state index is 0.0158. The van der Waals surface area contributed by atoms with E-state index in [9.17, 15) is 4.79 Å². The summed E-state index contributed by atoms with van der Waals surface area (Å²) in [6.45, 7) is 6.68. The maximum atomic E-state index is 12.7. The lowest BCUT2D eigenvalue weighted by molar-refractivity contribution is -0.127. The lowest BCUT2D eigenvalue weighted by Gasteiger charge is -2.30. The van der Waals surface area contributed by atoms with Gasteiger partial charge in [-0.25, -0.2) is 0 Å². The number of aromatic nitrogens is 2. The SMILES string of the molecule is Cc1ccccc1OCC(C)NC(=O)C1CCN(Cc2nc(-c3cccc(Br)c3)no2)CC1. The highest BCUT2D eigenvalue weighted by Gasteiger charge is 2.27. The van der Waals surface area contributed by atoms with E-state index in [4.69, 9.17) is 9.26 Å². The minimum Gasteiger partial charge on any atom is -0.491 e. The Morgan fingerprint density at radius 2 is 2.03 bits per heavy atom. The van der Waals surface area contributed by atoms with Gasteiger partial charge in [0, 0.05) is 16.0 Å². The van der Waals surface area contributed by atoms with Gasteiger partial charge in [0.25, 0.3) is 0 Å². The average Bonchev–Trinajstić information content (AvgIpc) is 3.27. The van der Waals surface area contributed by atoms with Crippen molar-refractivity contribution in [1.29, 1.82) is 0 Å². The van der Waals surface area contributed by atoms with Gasteiger partial charge >= 0.3 is 0 Å². The fraction of sp³-hybridized carbons (Fsp3) is 0.400. The number of likely N-dealkylation sites (tertiary alicyclic amines) is 1. The summed E-state index contributed by atoms with van der Waals surface area (Å²) >= 11 is 3.47. The molecule has 0 aliphatic carbocycles. The Balaban J connectivity index is 1.21. The van der Waals surface area contributed by atoms with Crippen LogP contribution in [0.4, 0.5) is 0 Å². The zero-order chi connectivity index (χ0) is 23.2. The predicted molar refractivity (Wildman–Crippen MR) is 130 cm³/mol. The van der Waals surface area contributed by atoms with Crippen LogP contribution in [-0.2, 0) is 11.3 Å². The van der Waals surface area contributed by atoms with Crippen LogP contribution in [0, 0.1) is 12.8 Å². The first kappa shape index (κ1) is 23.4. The summed E-state index contributed by atoms with van der Waals surface area (Å²) < 4.78 is 12.3. The molecule has 1 atom stereocenters. The summed E-state index contributed by atoms with van der Waals surface area (Å²) in [7, 11) is 0. The molecule has 1 fully saturated rings. The van der Waals surface area contributed by atoms with Crippen LogP contribution in [0.2, 0.25) is 0 Å². The van der Waals surface area contributed by atoms with Crippen LogP contribution in [0.1, 0.15) is 31.2 Å². The molecule has 1 aliphatic rings. The first-order valence-electron chi connectivity index (χ1n) is 11.3. The minimum atomic E-state index is -0.0510. The van der Waals surface area contributed by atoms with Crippen molar-refractivity contribution >= 4 is 21.8 Å². The molecule has 0 saturated carbocycles. The second kappa shape index (κ2) is 10.9. The van der Waals surface area contributed by atoms with E-state index in [2.05, 4.69) is 36.3 Å². The van der Waals surface area contributed by atoms with Crippen LogP contribution >= 0.6 is 15.9 Å². The van der Waals surface area contributed by atoms with E-state index in [0.717, 1.165) is 47.3 Å². The van der Waals surface area contributed by atoms with Crippen molar-refractivity contribution in [2.24, 2.45) is 5.92 Å². The summed E-state index contributed by atoms with van der Waals surface area (Å²) in [5, 5.41) is 7.21. The number of halogens is 1. The number of hydrogen-bond acceptors (Lipinski definition) is 6. The van der Waals surface area contributed by atoms with E-state index in [-0.39, 0.29) is 17.9 Å². The molecule has 1 amide bonds. The highest BCUT2D eigenvalue weighted by Crippen LogP contribution is 2.23. The molecular weight excluding hydrogens is 484 g/mol. The molecule has 33 heavy (non-hydrogen) atoms. The number of aryl methyl sites for hydroxylation is 1. The number of piperidine rings is 1. The second-order valence-corrected chi connectivity index (χ2v) is 9.47. The number of amides is 1. The van der Waals surface area contributed by atoms with Gasteiger partial charge in [-0.1, -0.05) is 51.4 Å². The molecule has 0 bridgehead atoms. The van der Waals surface area contributed by atoms with Crippen LogP contribution in [0.5, 0.6) is 5.75 Å². The molecule has 2 aromatic carbocycles. The van der Waals surface area contributed by atoms with E-state index in [1.807, 2.05) is 62.4 Å². The number of carbonyl (C=O) groups is 1. The summed E-state index contributed by atoms with van der Waals surface area (Å²) in [6.07, 6.45) is 1.62. The number of para-hydroxylation sites is 1. The number of nitrogens with one attached hydrogen (secondary N) is 1. The van der Waals surface area contributed by atoms with Gasteiger partial charge < -0.3 is 14.6 Å². The molecule has 8 heteroatoms. The second-order valence-electron chi connectivity index (χ2n) is 8.56. The Morgan fingerprint density at radius 1 is 1.24 bits per heavy atom. The van der Waals surface area contributed by atoms with Gasteiger partial charge in [-0.05, 0) is 63.5 Å². The molecule has 1 N–H and O–H groups in total. The molecule has 4 rings (SSSR count). The summed E-state index contributed by atoms with van der Waals surface area (Å²) in [5.41, 5.74) is 2.00. The Hall–Kier alpha value is -2.71. The van der Waals surface area contributed by atoms with Crippen LogP contribution in [0.15, 0.2) is 57.5 Å². The van der Waals surface area contributed by atoms with E-state index < -0.39 is 0 Å². The molecule has 0 spiro atoms. The third-order valence-electron chi connectivity index (χ3n) is 5.84. The van der Waals surface area contributed by atoms with Crippen molar-refractivity contribution in [2.75, 3.05) is 19.7 Å². The Kier molecular flexibility index (Phi) is 7.77. The van der Waals surface area contributed by atoms with Crippen molar-refractivity contribution in [3.05, 3.63) is 64.5 Å². The van der Waals surface area contributed by atoms with E-state index in [1.165, 1.54) is 0 Å². The van der Waals surface area contributed by atoms with Crippen molar-refractivity contribution in [3.8, 4) is 17.1 Å². The van der Waals surface area contributed by atoms with E-state index >= 15 is 0 Å². The maximum absolute atomic E-state index is 12.7. The molecule has 3 aromatic rings. The standard InChI is InChI=1S/C25H29BrN4O3/c1-17-6-3-4-9-22(17)32-16-18(2)27-25(31)19-10-12-30(13-11-19)15-23-28-24(29-33-23)20-7-5-8-21(26)14-20/h3-9,14,18-19H,10-13,15-16H2,1-2H3,(H,27,31). The molecule has 1 unspecified atom stereocenters. The van der Waals surface area contributed by atoms with Gasteiger partial charge in [0.05, 0.1) is 12.6 Å². The fourth-order valence-corrected chi connectivity index (χ4v) is 4.34. The molecule has 0 radical (unpaired) electrons. The van der Waals surface area contributed by atoms with Crippen molar-refractivity contribution in [1.82, 2.24) is 20.4 Å². The largest absolute Gasteiger partial charge is 0.491 e. The van der Waals surface area contributed by atoms with Gasteiger partial charge in [-0.3, -0.25) is 9.69 Å². The lowest BCUT2D eigenvalue weighted by atomic mass is 9.95. The molecule has 2 heterocycles. The first-order chi connectivity index (χ1) is 16.0. The average molecular weight is 513 g/mol. The number of ether oxygens (including phenoxy) is 1. The highest BCUT2D eigenvalue weighted by atomic mass is 79.9. The zero-order valence-electron chi connectivity index (χ0n) is 19.0. The third-order valence-corrected chi connectivity index (χ3v) is 6.33. The van der Waals surface area contributed by atoms with Crippen LogP contribution in [-0.4, -0.2) is 46.7 Å². The Morgan fingerprint density at radius 3 is 2.79 bits per heavy atom. The predicted octanol–water partition coefficient (Wildman–Crippen LogP) is 4.60. The smallest absolute Gasteiger partial charge is 0.241 e. The zero-order valence-corrected chi connectivity index (χ0v) is 20.5. The van der Waals surface area contributed by atoms with Crippen molar-refractivity contribution in [3.63, 3.8) is 0 Å². The molecule has 7 nitrogen and oxygen atoms in total. The van der Waals surface area contributed by atoms with E-state index in [0.29, 0.717) is 24.9 Å². The van der Waals surface area contributed by atoms with Crippen LogP contribution in [0.25, 0.3) is 11.4 Å². The normalized spacial score (nSPS) is 15.8. The Labute approximate surface area is 202 Å². The summed E-state index contributed by atoms with van der Waals surface area (Å²) in [4.78, 5) is 19.5. The summed E-state index contributed by atoms with van der Waals surface area (Å²) in [5.74, 6) is 2.15. The van der Waals surface area contributed by atoms with Crippen LogP contribution in [0.3, 0.4) is 0 Å². The van der Waals surface area contributed by atoms with Gasteiger partial charge in [0.2, 0.25) is 17.6 Å².